The Morgan fingerprint density at radius 1 is 1.00 bits per heavy atom. The van der Waals surface area contributed by atoms with Crippen LogP contribution in [0.2, 0.25) is 0 Å². The first-order valence-corrected chi connectivity index (χ1v) is 7.90. The van der Waals surface area contributed by atoms with Gasteiger partial charge in [-0.2, -0.15) is 0 Å². The predicted octanol–water partition coefficient (Wildman–Crippen LogP) is 1.81. The standard InChI is InChI=1S/C17H23N5/c18-16-6-1-4-15(14-16)5-2-9-21-10-12-22(13-11-21)17-19-7-3-8-20-17/h1,3-4,6-8,14H,2,5,9-13,18H2. The van der Waals surface area contributed by atoms with Crippen LogP contribution in [-0.4, -0.2) is 47.6 Å². The van der Waals surface area contributed by atoms with E-state index in [1.54, 1.807) is 12.4 Å². The van der Waals surface area contributed by atoms with E-state index in [0.717, 1.165) is 50.8 Å². The SMILES string of the molecule is Nc1cccc(CCCN2CCN(c3ncccn3)CC2)c1. The number of hydrogen-bond acceptors (Lipinski definition) is 5. The van der Waals surface area contributed by atoms with E-state index >= 15 is 0 Å². The van der Waals surface area contributed by atoms with Crippen molar-refractivity contribution < 1.29 is 0 Å². The summed E-state index contributed by atoms with van der Waals surface area (Å²) in [5, 5.41) is 0. The van der Waals surface area contributed by atoms with Gasteiger partial charge in [-0.15, -0.1) is 0 Å². The lowest BCUT2D eigenvalue weighted by molar-refractivity contribution is 0.254. The summed E-state index contributed by atoms with van der Waals surface area (Å²) in [5.74, 6) is 0.849. The molecule has 1 saturated heterocycles. The summed E-state index contributed by atoms with van der Waals surface area (Å²) in [6.45, 7) is 5.30. The number of hydrogen-bond donors (Lipinski definition) is 1. The highest BCUT2D eigenvalue weighted by molar-refractivity contribution is 5.40. The van der Waals surface area contributed by atoms with E-state index in [4.69, 9.17) is 5.73 Å². The van der Waals surface area contributed by atoms with Crippen molar-refractivity contribution in [1.29, 1.82) is 0 Å². The Bertz CT molecular complexity index is 579. The second-order valence-corrected chi connectivity index (χ2v) is 5.73. The van der Waals surface area contributed by atoms with Crippen molar-refractivity contribution in [3.8, 4) is 0 Å². The molecule has 0 radical (unpaired) electrons. The van der Waals surface area contributed by atoms with Crippen LogP contribution in [0.5, 0.6) is 0 Å². The van der Waals surface area contributed by atoms with Crippen molar-refractivity contribution in [1.82, 2.24) is 14.9 Å². The number of aromatic nitrogens is 2. The lowest BCUT2D eigenvalue weighted by Gasteiger charge is -2.34. The number of nitrogen functional groups attached to an aromatic ring is 1. The average Bonchev–Trinajstić information content (AvgIpc) is 2.56. The number of benzene rings is 1. The first kappa shape index (κ1) is 14.8. The minimum Gasteiger partial charge on any atom is -0.399 e. The van der Waals surface area contributed by atoms with Gasteiger partial charge in [-0.25, -0.2) is 9.97 Å². The van der Waals surface area contributed by atoms with Gasteiger partial charge in [0.15, 0.2) is 0 Å². The molecule has 2 aromatic rings. The monoisotopic (exact) mass is 297 g/mol. The zero-order valence-corrected chi connectivity index (χ0v) is 12.9. The molecule has 5 heteroatoms. The molecule has 0 atom stereocenters. The van der Waals surface area contributed by atoms with Crippen LogP contribution in [0.3, 0.4) is 0 Å². The number of nitrogens with zero attached hydrogens (tertiary/aromatic N) is 4. The van der Waals surface area contributed by atoms with Crippen LogP contribution in [0.15, 0.2) is 42.7 Å². The van der Waals surface area contributed by atoms with Gasteiger partial charge in [0, 0.05) is 44.3 Å². The van der Waals surface area contributed by atoms with E-state index in [0.29, 0.717) is 0 Å². The molecule has 22 heavy (non-hydrogen) atoms. The van der Waals surface area contributed by atoms with Gasteiger partial charge in [-0.05, 0) is 43.1 Å². The molecule has 0 saturated carbocycles. The second-order valence-electron chi connectivity index (χ2n) is 5.73. The van der Waals surface area contributed by atoms with Gasteiger partial charge in [0.25, 0.3) is 0 Å². The summed E-state index contributed by atoms with van der Waals surface area (Å²) in [5.41, 5.74) is 8.00. The molecule has 0 amide bonds. The van der Waals surface area contributed by atoms with Crippen LogP contribution in [0, 0.1) is 0 Å². The third-order valence-corrected chi connectivity index (χ3v) is 4.10. The number of rotatable bonds is 5. The van der Waals surface area contributed by atoms with Crippen molar-refractivity contribution in [2.75, 3.05) is 43.4 Å². The lowest BCUT2D eigenvalue weighted by atomic mass is 10.1. The average molecular weight is 297 g/mol. The van der Waals surface area contributed by atoms with Crippen LogP contribution < -0.4 is 10.6 Å². The summed E-state index contributed by atoms with van der Waals surface area (Å²) in [6, 6.07) is 10.1. The van der Waals surface area contributed by atoms with Crippen LogP contribution in [0.25, 0.3) is 0 Å². The Kier molecular flexibility index (Phi) is 4.85. The lowest BCUT2D eigenvalue weighted by Crippen LogP contribution is -2.47. The summed E-state index contributed by atoms with van der Waals surface area (Å²) in [4.78, 5) is 13.4. The number of anilines is 2. The molecule has 1 aliphatic rings. The molecular weight excluding hydrogens is 274 g/mol. The van der Waals surface area contributed by atoms with Gasteiger partial charge in [0.05, 0.1) is 0 Å². The van der Waals surface area contributed by atoms with Crippen LogP contribution in [-0.2, 0) is 6.42 Å². The Morgan fingerprint density at radius 2 is 1.77 bits per heavy atom. The molecule has 0 bridgehead atoms. The van der Waals surface area contributed by atoms with Gasteiger partial charge in [0.1, 0.15) is 0 Å². The number of nitrogens with two attached hydrogens (primary N) is 1. The van der Waals surface area contributed by atoms with Crippen molar-refractivity contribution in [3.63, 3.8) is 0 Å². The van der Waals surface area contributed by atoms with Crippen molar-refractivity contribution in [2.45, 2.75) is 12.8 Å². The van der Waals surface area contributed by atoms with E-state index in [-0.39, 0.29) is 0 Å². The highest BCUT2D eigenvalue weighted by atomic mass is 15.3. The predicted molar refractivity (Wildman–Crippen MR) is 89.9 cm³/mol. The normalized spacial score (nSPS) is 15.9. The summed E-state index contributed by atoms with van der Waals surface area (Å²) >= 11 is 0. The zero-order valence-electron chi connectivity index (χ0n) is 12.9. The fraction of sp³-hybridized carbons (Fsp3) is 0.412. The maximum absolute atomic E-state index is 5.82. The summed E-state index contributed by atoms with van der Waals surface area (Å²) < 4.78 is 0. The third-order valence-electron chi connectivity index (χ3n) is 4.10. The third kappa shape index (κ3) is 3.95. The molecule has 0 unspecified atom stereocenters. The number of piperazine rings is 1. The first-order valence-electron chi connectivity index (χ1n) is 7.90. The van der Waals surface area contributed by atoms with Crippen molar-refractivity contribution in [2.24, 2.45) is 0 Å². The van der Waals surface area contributed by atoms with E-state index in [9.17, 15) is 0 Å². The summed E-state index contributed by atoms with van der Waals surface area (Å²) in [7, 11) is 0. The minimum absolute atomic E-state index is 0.849. The van der Waals surface area contributed by atoms with Crippen LogP contribution in [0.1, 0.15) is 12.0 Å². The summed E-state index contributed by atoms with van der Waals surface area (Å²) in [6.07, 6.45) is 5.87. The largest absolute Gasteiger partial charge is 0.399 e. The molecule has 116 valence electrons. The molecule has 5 nitrogen and oxygen atoms in total. The van der Waals surface area contributed by atoms with Crippen LogP contribution in [0.4, 0.5) is 11.6 Å². The molecule has 0 aliphatic carbocycles. The maximum atomic E-state index is 5.82. The van der Waals surface area contributed by atoms with E-state index in [2.05, 4.69) is 31.9 Å². The second kappa shape index (κ2) is 7.22. The van der Waals surface area contributed by atoms with E-state index in [1.807, 2.05) is 18.2 Å². The molecule has 3 rings (SSSR count). The highest BCUT2D eigenvalue weighted by Gasteiger charge is 2.18. The molecule has 1 fully saturated rings. The number of aryl methyl sites for hydroxylation is 1. The Balaban J connectivity index is 1.41. The molecule has 2 N–H and O–H groups in total. The van der Waals surface area contributed by atoms with Crippen LogP contribution >= 0.6 is 0 Å². The Labute approximate surface area is 131 Å². The van der Waals surface area contributed by atoms with E-state index < -0.39 is 0 Å². The van der Waals surface area contributed by atoms with Gasteiger partial charge < -0.3 is 10.6 Å². The first-order chi connectivity index (χ1) is 10.8. The minimum atomic E-state index is 0.849. The topological polar surface area (TPSA) is 58.3 Å². The quantitative estimate of drug-likeness (QED) is 0.853. The Hall–Kier alpha value is -2.14. The molecule has 0 spiro atoms. The van der Waals surface area contributed by atoms with Gasteiger partial charge in [0.2, 0.25) is 5.95 Å². The van der Waals surface area contributed by atoms with Gasteiger partial charge in [-0.1, -0.05) is 12.1 Å². The van der Waals surface area contributed by atoms with Gasteiger partial charge >= 0.3 is 0 Å². The fourth-order valence-electron chi connectivity index (χ4n) is 2.88. The highest BCUT2D eigenvalue weighted by Crippen LogP contribution is 2.12. The Morgan fingerprint density at radius 3 is 2.50 bits per heavy atom. The molecule has 1 aliphatic heterocycles. The molecule has 1 aromatic heterocycles. The zero-order chi connectivity index (χ0) is 15.2. The van der Waals surface area contributed by atoms with Crippen molar-refractivity contribution in [3.05, 3.63) is 48.3 Å². The fourth-order valence-corrected chi connectivity index (χ4v) is 2.88. The molecule has 2 heterocycles. The molecule has 1 aromatic carbocycles. The molecular formula is C17H23N5. The maximum Gasteiger partial charge on any atom is 0.225 e. The van der Waals surface area contributed by atoms with Crippen molar-refractivity contribution >= 4 is 11.6 Å². The van der Waals surface area contributed by atoms with E-state index in [1.165, 1.54) is 12.0 Å². The smallest absolute Gasteiger partial charge is 0.225 e. The van der Waals surface area contributed by atoms with Gasteiger partial charge in [-0.3, -0.25) is 4.90 Å².